The van der Waals surface area contributed by atoms with Crippen molar-refractivity contribution in [2.24, 2.45) is 0 Å². The van der Waals surface area contributed by atoms with Crippen LogP contribution in [0.4, 0.5) is 11.5 Å². The summed E-state index contributed by atoms with van der Waals surface area (Å²) in [7, 11) is 0. The summed E-state index contributed by atoms with van der Waals surface area (Å²) in [6.45, 7) is 4.16. The number of pyridine rings is 1. The highest BCUT2D eigenvalue weighted by Crippen LogP contribution is 2.23. The Balaban J connectivity index is 0.00000300. The van der Waals surface area contributed by atoms with Crippen LogP contribution in [-0.4, -0.2) is 40.4 Å². The fourth-order valence-corrected chi connectivity index (χ4v) is 3.52. The van der Waals surface area contributed by atoms with E-state index in [1.54, 1.807) is 36.4 Å². The number of nitrogens with two attached hydrogens (primary N) is 1. The topological polar surface area (TPSA) is 97.5 Å². The number of carbonyl (C=O) groups excluding carboxylic acids is 2. The van der Waals surface area contributed by atoms with E-state index in [1.165, 1.54) is 6.20 Å². The third kappa shape index (κ3) is 5.84. The normalized spacial score (nSPS) is 18.5. The summed E-state index contributed by atoms with van der Waals surface area (Å²) < 4.78 is 5.64. The predicted octanol–water partition coefficient (Wildman–Crippen LogP) is 3.51. The van der Waals surface area contributed by atoms with Crippen molar-refractivity contribution < 1.29 is 14.3 Å². The number of aromatic nitrogens is 1. The zero-order valence-electron chi connectivity index (χ0n) is 16.6. The molecule has 0 saturated carbocycles. The Labute approximate surface area is 177 Å². The zero-order valence-corrected chi connectivity index (χ0v) is 17.4. The van der Waals surface area contributed by atoms with Crippen LogP contribution in [0.25, 0.3) is 0 Å². The van der Waals surface area contributed by atoms with Gasteiger partial charge in [-0.15, -0.1) is 12.4 Å². The minimum atomic E-state index is -0.259. The van der Waals surface area contributed by atoms with Crippen molar-refractivity contribution in [1.29, 1.82) is 0 Å². The molecule has 2 amide bonds. The van der Waals surface area contributed by atoms with Crippen molar-refractivity contribution in [2.45, 2.75) is 45.2 Å². The molecule has 1 fully saturated rings. The van der Waals surface area contributed by atoms with Gasteiger partial charge in [-0.3, -0.25) is 9.59 Å². The Bertz CT molecular complexity index is 817. The monoisotopic (exact) mass is 418 g/mol. The summed E-state index contributed by atoms with van der Waals surface area (Å²) >= 11 is 0. The van der Waals surface area contributed by atoms with E-state index in [0.717, 1.165) is 19.3 Å². The van der Waals surface area contributed by atoms with E-state index in [2.05, 4.69) is 24.1 Å². The number of likely N-dealkylation sites (tertiary alicyclic amines) is 1. The van der Waals surface area contributed by atoms with Crippen molar-refractivity contribution in [1.82, 2.24) is 9.88 Å². The maximum absolute atomic E-state index is 12.5. The minimum absolute atomic E-state index is 0. The van der Waals surface area contributed by atoms with E-state index < -0.39 is 0 Å². The van der Waals surface area contributed by atoms with Crippen molar-refractivity contribution in [3.05, 3.63) is 48.2 Å². The minimum Gasteiger partial charge on any atom is -0.484 e. The van der Waals surface area contributed by atoms with Gasteiger partial charge in [-0.1, -0.05) is 0 Å². The van der Waals surface area contributed by atoms with Crippen LogP contribution in [0.3, 0.4) is 0 Å². The average Bonchev–Trinajstić information content (AvgIpc) is 2.68. The molecule has 0 radical (unpaired) electrons. The number of hydrogen-bond donors (Lipinski definition) is 2. The lowest BCUT2D eigenvalue weighted by molar-refractivity contribution is -0.139. The van der Waals surface area contributed by atoms with Crippen molar-refractivity contribution in [2.75, 3.05) is 17.7 Å². The number of piperidine rings is 1. The number of nitrogen functional groups attached to an aromatic ring is 1. The van der Waals surface area contributed by atoms with Gasteiger partial charge in [0.05, 0.1) is 11.9 Å². The van der Waals surface area contributed by atoms with E-state index in [0.29, 0.717) is 22.8 Å². The van der Waals surface area contributed by atoms with Crippen LogP contribution in [0.1, 0.15) is 43.5 Å². The molecule has 1 aliphatic heterocycles. The van der Waals surface area contributed by atoms with Gasteiger partial charge in [0.2, 0.25) is 0 Å². The highest BCUT2D eigenvalue weighted by molar-refractivity contribution is 6.04. The molecule has 1 saturated heterocycles. The fraction of sp³-hybridized carbons (Fsp3) is 0.381. The summed E-state index contributed by atoms with van der Waals surface area (Å²) in [6, 6.07) is 10.5. The fourth-order valence-electron chi connectivity index (χ4n) is 3.52. The van der Waals surface area contributed by atoms with Crippen LogP contribution >= 0.6 is 12.4 Å². The summed E-state index contributed by atoms with van der Waals surface area (Å²) in [5.41, 5.74) is 6.58. The molecule has 0 aliphatic carbocycles. The van der Waals surface area contributed by atoms with Crippen LogP contribution in [0.2, 0.25) is 0 Å². The van der Waals surface area contributed by atoms with Gasteiger partial charge < -0.3 is 20.7 Å². The first-order chi connectivity index (χ1) is 13.4. The van der Waals surface area contributed by atoms with Crippen LogP contribution < -0.4 is 15.8 Å². The first-order valence-electron chi connectivity index (χ1n) is 9.51. The third-order valence-electron chi connectivity index (χ3n) is 5.00. The molecule has 156 valence electrons. The molecule has 29 heavy (non-hydrogen) atoms. The highest BCUT2D eigenvalue weighted by atomic mass is 35.5. The number of nitrogens with one attached hydrogen (secondary N) is 1. The van der Waals surface area contributed by atoms with E-state index in [-0.39, 0.29) is 42.9 Å². The van der Waals surface area contributed by atoms with Crippen molar-refractivity contribution >= 4 is 35.7 Å². The number of nitrogens with zero attached hydrogens (tertiary/aromatic N) is 2. The molecule has 3 N–H and O–H groups in total. The van der Waals surface area contributed by atoms with E-state index in [9.17, 15) is 9.59 Å². The van der Waals surface area contributed by atoms with Crippen LogP contribution in [0.15, 0.2) is 42.6 Å². The maximum atomic E-state index is 12.5. The van der Waals surface area contributed by atoms with Crippen molar-refractivity contribution in [3.8, 4) is 5.75 Å². The van der Waals surface area contributed by atoms with Gasteiger partial charge in [0.15, 0.2) is 6.61 Å². The predicted molar refractivity (Wildman–Crippen MR) is 115 cm³/mol. The summed E-state index contributed by atoms with van der Waals surface area (Å²) in [5.74, 6) is 0.682. The SMILES string of the molecule is CC1CCCC(C)N1C(=O)COc1ccc(C(=O)Nc2ccc(N)nc2)cc1.Cl. The molecule has 8 heteroatoms. The number of benzene rings is 1. The molecule has 7 nitrogen and oxygen atoms in total. The third-order valence-corrected chi connectivity index (χ3v) is 5.00. The standard InChI is InChI=1S/C21H26N4O3.ClH/c1-14-4-3-5-15(2)25(14)20(26)13-28-18-9-6-16(7-10-18)21(27)24-17-8-11-19(22)23-12-17;/h6-12,14-15H,3-5,13H2,1-2H3,(H2,22,23)(H,24,27);1H. The van der Waals surface area contributed by atoms with Gasteiger partial charge in [0.25, 0.3) is 11.8 Å². The number of hydrogen-bond acceptors (Lipinski definition) is 5. The van der Waals surface area contributed by atoms with Crippen LogP contribution in [-0.2, 0) is 4.79 Å². The maximum Gasteiger partial charge on any atom is 0.260 e. The average molecular weight is 419 g/mol. The molecule has 3 rings (SSSR count). The molecular weight excluding hydrogens is 392 g/mol. The number of anilines is 2. The van der Waals surface area contributed by atoms with Crippen molar-refractivity contribution in [3.63, 3.8) is 0 Å². The molecule has 0 spiro atoms. The van der Waals surface area contributed by atoms with Gasteiger partial charge in [0.1, 0.15) is 11.6 Å². The van der Waals surface area contributed by atoms with E-state index in [1.807, 2.05) is 4.90 Å². The van der Waals surface area contributed by atoms with Crippen LogP contribution in [0, 0.1) is 0 Å². The van der Waals surface area contributed by atoms with Gasteiger partial charge in [-0.25, -0.2) is 4.98 Å². The molecule has 2 heterocycles. The van der Waals surface area contributed by atoms with Gasteiger partial charge in [-0.2, -0.15) is 0 Å². The lowest BCUT2D eigenvalue weighted by atomic mass is 9.97. The Hall–Kier alpha value is -2.80. The lowest BCUT2D eigenvalue weighted by Crippen LogP contribution is -2.49. The molecule has 1 aromatic carbocycles. The second kappa shape index (κ2) is 10.1. The molecule has 0 bridgehead atoms. The van der Waals surface area contributed by atoms with Gasteiger partial charge in [0, 0.05) is 17.6 Å². The van der Waals surface area contributed by atoms with E-state index >= 15 is 0 Å². The first-order valence-corrected chi connectivity index (χ1v) is 9.51. The molecular formula is C21H27ClN4O3. The number of carbonyl (C=O) groups is 2. The van der Waals surface area contributed by atoms with E-state index in [4.69, 9.17) is 10.5 Å². The molecule has 2 atom stereocenters. The largest absolute Gasteiger partial charge is 0.484 e. The van der Waals surface area contributed by atoms with Gasteiger partial charge in [-0.05, 0) is 69.5 Å². The Morgan fingerprint density at radius 1 is 1.14 bits per heavy atom. The Kier molecular flexibility index (Phi) is 7.84. The second-order valence-corrected chi connectivity index (χ2v) is 7.17. The summed E-state index contributed by atoms with van der Waals surface area (Å²) in [6.07, 6.45) is 4.72. The summed E-state index contributed by atoms with van der Waals surface area (Å²) in [4.78, 5) is 30.7. The Morgan fingerprint density at radius 2 is 1.79 bits per heavy atom. The van der Waals surface area contributed by atoms with Gasteiger partial charge >= 0.3 is 0 Å². The second-order valence-electron chi connectivity index (χ2n) is 7.17. The quantitative estimate of drug-likeness (QED) is 0.774. The number of halogens is 1. The number of ether oxygens (including phenoxy) is 1. The van der Waals surface area contributed by atoms with Crippen LogP contribution in [0.5, 0.6) is 5.75 Å². The number of rotatable bonds is 5. The lowest BCUT2D eigenvalue weighted by Gasteiger charge is -2.38. The first kappa shape index (κ1) is 22.5. The molecule has 1 aromatic heterocycles. The molecule has 1 aliphatic rings. The summed E-state index contributed by atoms with van der Waals surface area (Å²) in [5, 5.41) is 2.75. The number of amides is 2. The molecule has 2 unspecified atom stereocenters. The zero-order chi connectivity index (χ0) is 20.1. The smallest absolute Gasteiger partial charge is 0.260 e. The molecule has 2 aromatic rings. The Morgan fingerprint density at radius 3 is 2.38 bits per heavy atom. The highest BCUT2D eigenvalue weighted by Gasteiger charge is 2.28.